The van der Waals surface area contributed by atoms with Gasteiger partial charge in [0.05, 0.1) is 11.1 Å². The van der Waals surface area contributed by atoms with E-state index < -0.39 is 0 Å². The van der Waals surface area contributed by atoms with Crippen LogP contribution in [0.25, 0.3) is 0 Å². The number of halogens is 3. The fourth-order valence-electron chi connectivity index (χ4n) is 2.42. The molecule has 0 unspecified atom stereocenters. The maximum absolute atomic E-state index is 13.4. The van der Waals surface area contributed by atoms with Crippen molar-refractivity contribution in [3.63, 3.8) is 0 Å². The summed E-state index contributed by atoms with van der Waals surface area (Å²) in [6.45, 7) is 0.666. The van der Waals surface area contributed by atoms with Crippen molar-refractivity contribution >= 4 is 31.9 Å². The molecule has 0 amide bonds. The fraction of sp³-hybridized carbons (Fsp3) is 0.571. The Morgan fingerprint density at radius 2 is 1.94 bits per heavy atom. The maximum Gasteiger partial charge on any atom is 0.141 e. The first-order valence-corrected chi connectivity index (χ1v) is 8.20. The average Bonchev–Trinajstić information content (AvgIpc) is 2.41. The summed E-state index contributed by atoms with van der Waals surface area (Å²) >= 11 is 6.75. The van der Waals surface area contributed by atoms with Crippen LogP contribution in [0.1, 0.15) is 32.1 Å². The van der Waals surface area contributed by atoms with Crippen LogP contribution < -0.4 is 4.74 Å². The molecule has 2 rings (SSSR count). The molecule has 0 saturated heterocycles. The first kappa shape index (κ1) is 14.3. The van der Waals surface area contributed by atoms with Gasteiger partial charge in [0, 0.05) is 16.8 Å². The number of hydrogen-bond donors (Lipinski definition) is 0. The van der Waals surface area contributed by atoms with Gasteiger partial charge < -0.3 is 4.74 Å². The number of alkyl halides is 1. The molecule has 0 heterocycles. The largest absolute Gasteiger partial charge is 0.493 e. The van der Waals surface area contributed by atoms with E-state index in [4.69, 9.17) is 4.74 Å². The van der Waals surface area contributed by atoms with Crippen LogP contribution in [0.3, 0.4) is 0 Å². The number of rotatable bonds is 4. The van der Waals surface area contributed by atoms with Crippen molar-refractivity contribution in [1.29, 1.82) is 0 Å². The molecule has 0 bridgehead atoms. The highest BCUT2D eigenvalue weighted by molar-refractivity contribution is 9.10. The molecule has 4 heteroatoms. The molecule has 0 radical (unpaired) electrons. The molecule has 1 saturated carbocycles. The Morgan fingerprint density at radius 1 is 1.22 bits per heavy atom. The van der Waals surface area contributed by atoms with Crippen LogP contribution in [0.2, 0.25) is 0 Å². The Bertz CT molecular complexity index is 403. The van der Waals surface area contributed by atoms with Gasteiger partial charge in [0.25, 0.3) is 0 Å². The minimum atomic E-state index is -0.274. The van der Waals surface area contributed by atoms with Crippen molar-refractivity contribution in [2.45, 2.75) is 32.1 Å². The summed E-state index contributed by atoms with van der Waals surface area (Å²) in [5.74, 6) is 0.339. The van der Waals surface area contributed by atoms with Gasteiger partial charge in [0.15, 0.2) is 0 Å². The number of hydrogen-bond acceptors (Lipinski definition) is 1. The van der Waals surface area contributed by atoms with Gasteiger partial charge in [0.2, 0.25) is 0 Å². The van der Waals surface area contributed by atoms with E-state index in [1.165, 1.54) is 38.2 Å². The van der Waals surface area contributed by atoms with Crippen LogP contribution in [0.4, 0.5) is 4.39 Å². The molecule has 1 fully saturated rings. The molecule has 0 N–H and O–H groups in total. The SMILES string of the molecule is Fc1cc(OCC2(CBr)CCCCC2)ccc1Br. The molecule has 0 atom stereocenters. The van der Waals surface area contributed by atoms with Crippen molar-refractivity contribution in [1.82, 2.24) is 0 Å². The molecule has 1 aromatic rings. The van der Waals surface area contributed by atoms with Crippen molar-refractivity contribution in [3.8, 4) is 5.75 Å². The molecular formula is C14H17Br2FO. The van der Waals surface area contributed by atoms with Gasteiger partial charge in [-0.15, -0.1) is 0 Å². The predicted octanol–water partition coefficient (Wildman–Crippen LogP) is 5.31. The zero-order chi connectivity index (χ0) is 13.0. The molecule has 1 nitrogen and oxygen atoms in total. The van der Waals surface area contributed by atoms with E-state index in [0.29, 0.717) is 16.8 Å². The Balaban J connectivity index is 1.98. The van der Waals surface area contributed by atoms with Crippen LogP contribution in [-0.2, 0) is 0 Å². The minimum Gasteiger partial charge on any atom is -0.493 e. The van der Waals surface area contributed by atoms with Crippen molar-refractivity contribution in [2.24, 2.45) is 5.41 Å². The molecule has 18 heavy (non-hydrogen) atoms. The molecule has 0 aromatic heterocycles. The summed E-state index contributed by atoms with van der Waals surface area (Å²) in [6, 6.07) is 4.93. The lowest BCUT2D eigenvalue weighted by Crippen LogP contribution is -2.32. The summed E-state index contributed by atoms with van der Waals surface area (Å²) < 4.78 is 19.6. The summed E-state index contributed by atoms with van der Waals surface area (Å²) in [6.07, 6.45) is 6.24. The molecule has 1 aromatic carbocycles. The van der Waals surface area contributed by atoms with Crippen molar-refractivity contribution in [3.05, 3.63) is 28.5 Å². The lowest BCUT2D eigenvalue weighted by Gasteiger charge is -2.35. The summed E-state index contributed by atoms with van der Waals surface area (Å²) in [4.78, 5) is 0. The van der Waals surface area contributed by atoms with Crippen LogP contribution >= 0.6 is 31.9 Å². The quantitative estimate of drug-likeness (QED) is 0.644. The third-order valence-electron chi connectivity index (χ3n) is 3.63. The topological polar surface area (TPSA) is 9.23 Å². The second-order valence-electron chi connectivity index (χ2n) is 5.06. The van der Waals surface area contributed by atoms with E-state index in [1.54, 1.807) is 12.1 Å². The third-order valence-corrected chi connectivity index (χ3v) is 5.47. The van der Waals surface area contributed by atoms with Crippen LogP contribution in [0.15, 0.2) is 22.7 Å². The highest BCUT2D eigenvalue weighted by Crippen LogP contribution is 2.38. The van der Waals surface area contributed by atoms with E-state index in [2.05, 4.69) is 31.9 Å². The predicted molar refractivity (Wildman–Crippen MR) is 78.9 cm³/mol. The van der Waals surface area contributed by atoms with Gasteiger partial charge in [-0.2, -0.15) is 0 Å². The van der Waals surface area contributed by atoms with Gasteiger partial charge in [-0.25, -0.2) is 4.39 Å². The smallest absolute Gasteiger partial charge is 0.141 e. The lowest BCUT2D eigenvalue weighted by atomic mass is 9.76. The zero-order valence-electron chi connectivity index (χ0n) is 10.2. The van der Waals surface area contributed by atoms with E-state index in [9.17, 15) is 4.39 Å². The maximum atomic E-state index is 13.4. The average molecular weight is 380 g/mol. The minimum absolute atomic E-state index is 0.224. The van der Waals surface area contributed by atoms with Gasteiger partial charge in [-0.3, -0.25) is 0 Å². The molecular weight excluding hydrogens is 363 g/mol. The van der Waals surface area contributed by atoms with Crippen molar-refractivity contribution in [2.75, 3.05) is 11.9 Å². The summed E-state index contributed by atoms with van der Waals surface area (Å²) in [5.41, 5.74) is 0.224. The molecule has 0 spiro atoms. The lowest BCUT2D eigenvalue weighted by molar-refractivity contribution is 0.121. The Hall–Kier alpha value is -0.0900. The van der Waals surface area contributed by atoms with E-state index in [1.807, 2.05) is 0 Å². The first-order chi connectivity index (χ1) is 8.65. The molecule has 0 aliphatic heterocycles. The van der Waals surface area contributed by atoms with E-state index >= 15 is 0 Å². The standard InChI is InChI=1S/C14H17Br2FO/c15-9-14(6-2-1-3-7-14)10-18-11-4-5-12(16)13(17)8-11/h4-5,8H,1-3,6-7,9-10H2. The third kappa shape index (κ3) is 3.47. The highest BCUT2D eigenvalue weighted by atomic mass is 79.9. The van der Waals surface area contributed by atoms with Gasteiger partial charge in [-0.05, 0) is 40.9 Å². The monoisotopic (exact) mass is 378 g/mol. The summed E-state index contributed by atoms with van der Waals surface area (Å²) in [5, 5.41) is 0.957. The highest BCUT2D eigenvalue weighted by Gasteiger charge is 2.31. The summed E-state index contributed by atoms with van der Waals surface area (Å²) in [7, 11) is 0. The second-order valence-corrected chi connectivity index (χ2v) is 6.47. The van der Waals surface area contributed by atoms with Crippen LogP contribution in [-0.4, -0.2) is 11.9 Å². The normalized spacial score (nSPS) is 18.6. The zero-order valence-corrected chi connectivity index (χ0v) is 13.4. The molecule has 100 valence electrons. The Labute approximate surface area is 124 Å². The Morgan fingerprint density at radius 3 is 2.56 bits per heavy atom. The van der Waals surface area contributed by atoms with Gasteiger partial charge >= 0.3 is 0 Å². The molecule has 1 aliphatic rings. The van der Waals surface area contributed by atoms with E-state index in [-0.39, 0.29) is 11.2 Å². The van der Waals surface area contributed by atoms with Crippen molar-refractivity contribution < 1.29 is 9.13 Å². The second kappa shape index (κ2) is 6.38. The van der Waals surface area contributed by atoms with E-state index in [0.717, 1.165) is 5.33 Å². The first-order valence-electron chi connectivity index (χ1n) is 6.29. The van der Waals surface area contributed by atoms with Crippen LogP contribution in [0.5, 0.6) is 5.75 Å². The number of benzene rings is 1. The number of ether oxygens (including phenoxy) is 1. The van der Waals surface area contributed by atoms with Gasteiger partial charge in [0.1, 0.15) is 11.6 Å². The molecule has 1 aliphatic carbocycles. The fourth-order valence-corrected chi connectivity index (χ4v) is 3.39. The van der Waals surface area contributed by atoms with Gasteiger partial charge in [-0.1, -0.05) is 35.2 Å². The Kier molecular flexibility index (Phi) is 5.07. The van der Waals surface area contributed by atoms with Crippen LogP contribution in [0, 0.1) is 11.2 Å².